The van der Waals surface area contributed by atoms with Crippen molar-refractivity contribution in [3.05, 3.63) is 94.5 Å². The van der Waals surface area contributed by atoms with Gasteiger partial charge < -0.3 is 14.9 Å². The first-order valence-electron chi connectivity index (χ1n) is 10.0. The number of benzene rings is 3. The number of allylic oxidation sites excluding steroid dienone is 1. The molecule has 1 atom stereocenters. The highest BCUT2D eigenvalue weighted by molar-refractivity contribution is 6.02. The molecule has 5 nitrogen and oxygen atoms in total. The van der Waals surface area contributed by atoms with E-state index < -0.39 is 11.9 Å². The molecule has 31 heavy (non-hydrogen) atoms. The summed E-state index contributed by atoms with van der Waals surface area (Å²) in [6.07, 6.45) is 2.18. The molecule has 1 aliphatic carbocycles. The zero-order valence-corrected chi connectivity index (χ0v) is 17.2. The minimum absolute atomic E-state index is 0.213. The number of aromatic carboxylic acids is 2. The van der Waals surface area contributed by atoms with Gasteiger partial charge in [0, 0.05) is 11.5 Å². The second kappa shape index (κ2) is 8.11. The molecule has 0 aliphatic heterocycles. The minimum atomic E-state index is -1.31. The number of carboxylic acid groups (broad SMARTS) is 2. The van der Waals surface area contributed by atoms with Gasteiger partial charge >= 0.3 is 11.9 Å². The van der Waals surface area contributed by atoms with E-state index in [1.807, 2.05) is 36.4 Å². The number of fused-ring (bicyclic) bond motifs is 1. The summed E-state index contributed by atoms with van der Waals surface area (Å²) in [5.41, 5.74) is 3.95. The quantitative estimate of drug-likeness (QED) is 0.504. The molecular formula is C26H22O5. The number of carbonyl (C=O) groups is 2. The standard InChI is InChI=1S/C26H22O5/c1-15(2)24-18-8-4-3-7-16(18)13-21(24)19-9-5-6-10-23(19)31-17-11-12-20(25(27)28)22(14-17)26(29)30/h3-15,24H,1-2H3,(H,27,28)(H,29,30). The predicted molar refractivity (Wildman–Crippen MR) is 119 cm³/mol. The van der Waals surface area contributed by atoms with Crippen LogP contribution in [0.2, 0.25) is 0 Å². The van der Waals surface area contributed by atoms with Crippen LogP contribution >= 0.6 is 0 Å². The van der Waals surface area contributed by atoms with Gasteiger partial charge in [-0.15, -0.1) is 0 Å². The van der Waals surface area contributed by atoms with Gasteiger partial charge in [0.2, 0.25) is 0 Å². The first kappa shape index (κ1) is 20.4. The van der Waals surface area contributed by atoms with E-state index in [4.69, 9.17) is 4.74 Å². The maximum Gasteiger partial charge on any atom is 0.336 e. The van der Waals surface area contributed by atoms with Crippen LogP contribution < -0.4 is 4.74 Å². The van der Waals surface area contributed by atoms with Gasteiger partial charge in [0.15, 0.2) is 0 Å². The number of rotatable bonds is 6. The van der Waals surface area contributed by atoms with E-state index in [9.17, 15) is 19.8 Å². The molecule has 0 heterocycles. The predicted octanol–water partition coefficient (Wildman–Crippen LogP) is 6.17. The maximum atomic E-state index is 11.5. The van der Waals surface area contributed by atoms with Gasteiger partial charge in [0.25, 0.3) is 0 Å². The van der Waals surface area contributed by atoms with E-state index in [0.717, 1.165) is 11.1 Å². The average Bonchev–Trinajstić information content (AvgIpc) is 3.13. The van der Waals surface area contributed by atoms with E-state index in [1.165, 1.54) is 29.3 Å². The first-order chi connectivity index (χ1) is 14.9. The summed E-state index contributed by atoms with van der Waals surface area (Å²) in [7, 11) is 0. The van der Waals surface area contributed by atoms with Crippen molar-refractivity contribution in [3.63, 3.8) is 0 Å². The lowest BCUT2D eigenvalue weighted by molar-refractivity contribution is 0.0651. The lowest BCUT2D eigenvalue weighted by Crippen LogP contribution is -2.08. The molecule has 3 aromatic carbocycles. The summed E-state index contributed by atoms with van der Waals surface area (Å²) in [6.45, 7) is 4.38. The summed E-state index contributed by atoms with van der Waals surface area (Å²) in [5, 5.41) is 18.6. The Kier molecular flexibility index (Phi) is 5.34. The third-order valence-corrected chi connectivity index (χ3v) is 5.52. The van der Waals surface area contributed by atoms with Crippen LogP contribution in [0.25, 0.3) is 11.6 Å². The van der Waals surface area contributed by atoms with Gasteiger partial charge in [0.05, 0.1) is 11.1 Å². The molecule has 0 saturated carbocycles. The van der Waals surface area contributed by atoms with Gasteiger partial charge in [-0.05, 0) is 46.9 Å². The van der Waals surface area contributed by atoms with Crippen LogP contribution in [-0.4, -0.2) is 22.2 Å². The molecule has 4 rings (SSSR count). The molecule has 0 aromatic heterocycles. The highest BCUT2D eigenvalue weighted by Crippen LogP contribution is 2.48. The number of para-hydroxylation sites is 1. The summed E-state index contributed by atoms with van der Waals surface area (Å²) >= 11 is 0. The second-order valence-electron chi connectivity index (χ2n) is 7.87. The van der Waals surface area contributed by atoms with Crippen molar-refractivity contribution >= 4 is 23.6 Å². The van der Waals surface area contributed by atoms with E-state index in [2.05, 4.69) is 32.1 Å². The van der Waals surface area contributed by atoms with E-state index in [1.54, 1.807) is 0 Å². The van der Waals surface area contributed by atoms with Gasteiger partial charge in [-0.3, -0.25) is 0 Å². The van der Waals surface area contributed by atoms with Gasteiger partial charge in [-0.1, -0.05) is 62.4 Å². The molecule has 3 aromatic rings. The van der Waals surface area contributed by atoms with Crippen LogP contribution in [0.5, 0.6) is 11.5 Å². The fourth-order valence-corrected chi connectivity index (χ4v) is 4.19. The molecule has 2 N–H and O–H groups in total. The van der Waals surface area contributed by atoms with Crippen molar-refractivity contribution in [1.82, 2.24) is 0 Å². The lowest BCUT2D eigenvalue weighted by atomic mass is 9.82. The van der Waals surface area contributed by atoms with Crippen LogP contribution in [0, 0.1) is 5.92 Å². The summed E-state index contributed by atoms with van der Waals surface area (Å²) in [4.78, 5) is 22.8. The smallest absolute Gasteiger partial charge is 0.336 e. The second-order valence-corrected chi connectivity index (χ2v) is 7.87. The summed E-state index contributed by atoms with van der Waals surface area (Å²) in [6, 6.07) is 19.9. The minimum Gasteiger partial charge on any atom is -0.478 e. The third-order valence-electron chi connectivity index (χ3n) is 5.52. The fraction of sp³-hybridized carbons (Fsp3) is 0.154. The summed E-state index contributed by atoms with van der Waals surface area (Å²) in [5.74, 6) is -1.16. The Hall–Kier alpha value is -3.86. The van der Waals surface area contributed by atoms with Crippen molar-refractivity contribution in [3.8, 4) is 11.5 Å². The fourth-order valence-electron chi connectivity index (χ4n) is 4.19. The topological polar surface area (TPSA) is 83.8 Å². The molecule has 1 unspecified atom stereocenters. The molecule has 0 saturated heterocycles. The van der Waals surface area contributed by atoms with Crippen molar-refractivity contribution < 1.29 is 24.5 Å². The third kappa shape index (κ3) is 3.82. The zero-order chi connectivity index (χ0) is 22.1. The molecule has 156 valence electrons. The Bertz CT molecular complexity index is 1210. The number of hydrogen-bond donors (Lipinski definition) is 2. The largest absolute Gasteiger partial charge is 0.478 e. The Labute approximate surface area is 180 Å². The van der Waals surface area contributed by atoms with Crippen LogP contribution in [0.15, 0.2) is 66.7 Å². The Morgan fingerprint density at radius 2 is 1.55 bits per heavy atom. The highest BCUT2D eigenvalue weighted by atomic mass is 16.5. The normalized spacial score (nSPS) is 14.8. The maximum absolute atomic E-state index is 11.5. The van der Waals surface area contributed by atoms with Gasteiger partial charge in [0.1, 0.15) is 11.5 Å². The molecule has 1 aliphatic rings. The van der Waals surface area contributed by atoms with Crippen LogP contribution in [-0.2, 0) is 0 Å². The number of ether oxygens (including phenoxy) is 1. The van der Waals surface area contributed by atoms with E-state index in [-0.39, 0.29) is 22.8 Å². The van der Waals surface area contributed by atoms with E-state index in [0.29, 0.717) is 11.7 Å². The first-order valence-corrected chi connectivity index (χ1v) is 10.0. The zero-order valence-electron chi connectivity index (χ0n) is 17.2. The van der Waals surface area contributed by atoms with Crippen LogP contribution in [0.3, 0.4) is 0 Å². The van der Waals surface area contributed by atoms with E-state index >= 15 is 0 Å². The van der Waals surface area contributed by atoms with Crippen molar-refractivity contribution in [2.45, 2.75) is 19.8 Å². The van der Waals surface area contributed by atoms with Gasteiger partial charge in [-0.2, -0.15) is 0 Å². The van der Waals surface area contributed by atoms with Crippen molar-refractivity contribution in [2.24, 2.45) is 5.92 Å². The van der Waals surface area contributed by atoms with Crippen molar-refractivity contribution in [2.75, 3.05) is 0 Å². The molecule has 0 amide bonds. The Morgan fingerprint density at radius 1 is 0.871 bits per heavy atom. The molecule has 0 spiro atoms. The average molecular weight is 414 g/mol. The molecule has 0 bridgehead atoms. The molecule has 5 heteroatoms. The SMILES string of the molecule is CC(C)C1C(c2ccccc2Oc2ccc(C(=O)O)c(C(=O)O)c2)=Cc2ccccc21. The molecular weight excluding hydrogens is 392 g/mol. The molecule has 0 radical (unpaired) electrons. The van der Waals surface area contributed by atoms with Gasteiger partial charge in [-0.25, -0.2) is 9.59 Å². The Morgan fingerprint density at radius 3 is 2.26 bits per heavy atom. The monoisotopic (exact) mass is 414 g/mol. The number of hydrogen-bond acceptors (Lipinski definition) is 3. The van der Waals surface area contributed by atoms with Crippen molar-refractivity contribution in [1.29, 1.82) is 0 Å². The van der Waals surface area contributed by atoms with Crippen LogP contribution in [0.4, 0.5) is 0 Å². The summed E-state index contributed by atoms with van der Waals surface area (Å²) < 4.78 is 6.08. The highest BCUT2D eigenvalue weighted by Gasteiger charge is 2.30. The van der Waals surface area contributed by atoms with Crippen LogP contribution in [0.1, 0.15) is 57.2 Å². The molecule has 0 fully saturated rings. The number of carboxylic acids is 2. The Balaban J connectivity index is 1.75. The lowest BCUT2D eigenvalue weighted by Gasteiger charge is -2.23.